The summed E-state index contributed by atoms with van der Waals surface area (Å²) in [6.07, 6.45) is 3.27. The first kappa shape index (κ1) is 15.3. The number of aromatic carboxylic acids is 1. The van der Waals surface area contributed by atoms with Crippen LogP contribution in [0, 0.1) is 5.92 Å². The number of amides is 2. The zero-order valence-electron chi connectivity index (χ0n) is 11.8. The molecule has 1 aromatic rings. The van der Waals surface area contributed by atoms with E-state index >= 15 is 0 Å². The zero-order valence-corrected chi connectivity index (χ0v) is 11.8. The van der Waals surface area contributed by atoms with Gasteiger partial charge in [0.2, 0.25) is 0 Å². The molecule has 6 nitrogen and oxygen atoms in total. The molecule has 0 spiro atoms. The van der Waals surface area contributed by atoms with Gasteiger partial charge in [0.15, 0.2) is 0 Å². The van der Waals surface area contributed by atoms with Crippen LogP contribution in [0.1, 0.15) is 29.6 Å². The van der Waals surface area contributed by atoms with Crippen LogP contribution in [0.3, 0.4) is 0 Å². The number of hydrogen-bond acceptors (Lipinski definition) is 3. The number of urea groups is 1. The van der Waals surface area contributed by atoms with Crippen molar-refractivity contribution in [1.29, 1.82) is 0 Å². The fraction of sp³-hybridized carbons (Fsp3) is 0.467. The van der Waals surface area contributed by atoms with Crippen LogP contribution in [0.5, 0.6) is 0 Å². The Kier molecular flexibility index (Phi) is 5.57. The summed E-state index contributed by atoms with van der Waals surface area (Å²) < 4.78 is 5.46. The highest BCUT2D eigenvalue weighted by Crippen LogP contribution is 2.28. The minimum atomic E-state index is -1.07. The number of anilines is 1. The van der Waals surface area contributed by atoms with E-state index in [9.17, 15) is 9.59 Å². The van der Waals surface area contributed by atoms with Crippen molar-refractivity contribution in [3.63, 3.8) is 0 Å². The molecule has 2 amide bonds. The topological polar surface area (TPSA) is 87.7 Å². The summed E-state index contributed by atoms with van der Waals surface area (Å²) in [4.78, 5) is 22.7. The van der Waals surface area contributed by atoms with Crippen molar-refractivity contribution in [2.24, 2.45) is 5.92 Å². The lowest BCUT2D eigenvalue weighted by Gasteiger charge is -2.09. The van der Waals surface area contributed by atoms with Crippen molar-refractivity contribution in [2.45, 2.75) is 19.3 Å². The summed E-state index contributed by atoms with van der Waals surface area (Å²) in [5, 5.41) is 14.2. The average molecular weight is 292 g/mol. The molecule has 0 heterocycles. The van der Waals surface area contributed by atoms with Gasteiger partial charge in [0.1, 0.15) is 0 Å². The number of carbonyl (C=O) groups is 2. The maximum atomic E-state index is 11.7. The van der Waals surface area contributed by atoms with E-state index in [1.807, 2.05) is 0 Å². The first-order valence-electron chi connectivity index (χ1n) is 7.11. The van der Waals surface area contributed by atoms with Crippen molar-refractivity contribution in [1.82, 2.24) is 5.32 Å². The first-order chi connectivity index (χ1) is 10.2. The van der Waals surface area contributed by atoms with Gasteiger partial charge in [-0.1, -0.05) is 12.1 Å². The average Bonchev–Trinajstić information content (AvgIpc) is 3.27. The van der Waals surface area contributed by atoms with Crippen LogP contribution in [0.2, 0.25) is 0 Å². The quantitative estimate of drug-likeness (QED) is 0.642. The Morgan fingerprint density at radius 2 is 2.05 bits per heavy atom. The van der Waals surface area contributed by atoms with Gasteiger partial charge in [-0.15, -0.1) is 0 Å². The Hall–Kier alpha value is -2.08. The predicted octanol–water partition coefficient (Wildman–Crippen LogP) is 2.32. The molecule has 0 aliphatic heterocycles. The zero-order chi connectivity index (χ0) is 15.1. The number of benzene rings is 1. The van der Waals surface area contributed by atoms with E-state index in [1.165, 1.54) is 18.9 Å². The van der Waals surface area contributed by atoms with Gasteiger partial charge in [0.05, 0.1) is 11.3 Å². The van der Waals surface area contributed by atoms with Crippen molar-refractivity contribution in [3.05, 3.63) is 29.8 Å². The molecule has 0 saturated heterocycles. The second-order valence-electron chi connectivity index (χ2n) is 5.10. The van der Waals surface area contributed by atoms with Crippen LogP contribution in [-0.4, -0.2) is 36.9 Å². The molecule has 114 valence electrons. The van der Waals surface area contributed by atoms with Crippen LogP contribution < -0.4 is 10.6 Å². The molecule has 1 aromatic carbocycles. The normalized spacial score (nSPS) is 13.7. The lowest BCUT2D eigenvalue weighted by molar-refractivity contribution is 0.0698. The Labute approximate surface area is 123 Å². The number of hydrogen-bond donors (Lipinski definition) is 3. The molecule has 3 N–H and O–H groups in total. The van der Waals surface area contributed by atoms with Gasteiger partial charge in [-0.2, -0.15) is 0 Å². The lowest BCUT2D eigenvalue weighted by atomic mass is 10.2. The number of carbonyl (C=O) groups excluding carboxylic acids is 1. The van der Waals surface area contributed by atoms with Crippen LogP contribution in [0.25, 0.3) is 0 Å². The molecule has 1 aliphatic carbocycles. The number of rotatable bonds is 8. The summed E-state index contributed by atoms with van der Waals surface area (Å²) in [5.74, 6) is -0.326. The molecule has 0 bridgehead atoms. The highest BCUT2D eigenvalue weighted by Gasteiger charge is 2.20. The second-order valence-corrected chi connectivity index (χ2v) is 5.10. The molecule has 0 radical (unpaired) electrons. The number of carboxylic acids is 1. The smallest absolute Gasteiger partial charge is 0.337 e. The van der Waals surface area contributed by atoms with E-state index in [1.54, 1.807) is 18.2 Å². The van der Waals surface area contributed by atoms with Gasteiger partial charge in [0, 0.05) is 19.8 Å². The van der Waals surface area contributed by atoms with Gasteiger partial charge in [-0.25, -0.2) is 9.59 Å². The molecule has 1 fully saturated rings. The standard InChI is InChI=1S/C15H20N2O4/c18-14(19)12-4-1-2-5-13(12)17-15(20)16-8-3-9-21-10-11-6-7-11/h1-2,4-5,11H,3,6-10H2,(H,18,19)(H2,16,17,20). The summed E-state index contributed by atoms with van der Waals surface area (Å²) in [6.45, 7) is 1.94. The number of carboxylic acid groups (broad SMARTS) is 1. The SMILES string of the molecule is O=C(NCCCOCC1CC1)Nc1ccccc1C(=O)O. The van der Waals surface area contributed by atoms with Crippen LogP contribution in [0.15, 0.2) is 24.3 Å². The molecule has 1 aliphatic rings. The lowest BCUT2D eigenvalue weighted by Crippen LogP contribution is -2.30. The largest absolute Gasteiger partial charge is 0.478 e. The summed E-state index contributed by atoms with van der Waals surface area (Å²) in [7, 11) is 0. The van der Waals surface area contributed by atoms with E-state index in [-0.39, 0.29) is 11.3 Å². The molecule has 2 rings (SSSR count). The third-order valence-corrected chi connectivity index (χ3v) is 3.21. The molecule has 6 heteroatoms. The minimum Gasteiger partial charge on any atom is -0.478 e. The van der Waals surface area contributed by atoms with Crippen LogP contribution in [0.4, 0.5) is 10.5 Å². The van der Waals surface area contributed by atoms with E-state index in [2.05, 4.69) is 10.6 Å². The second kappa shape index (κ2) is 7.64. The van der Waals surface area contributed by atoms with Crippen LogP contribution in [-0.2, 0) is 4.74 Å². The third kappa shape index (κ3) is 5.43. The number of ether oxygens (including phenoxy) is 1. The maximum Gasteiger partial charge on any atom is 0.337 e. The van der Waals surface area contributed by atoms with Crippen molar-refractivity contribution < 1.29 is 19.4 Å². The molecule has 1 saturated carbocycles. The molecular weight excluding hydrogens is 272 g/mol. The van der Waals surface area contributed by atoms with E-state index in [0.29, 0.717) is 13.2 Å². The fourth-order valence-electron chi connectivity index (χ4n) is 1.86. The molecule has 0 aromatic heterocycles. The Morgan fingerprint density at radius 3 is 2.76 bits per heavy atom. The molecule has 0 atom stereocenters. The minimum absolute atomic E-state index is 0.0698. The van der Waals surface area contributed by atoms with Crippen molar-refractivity contribution in [3.8, 4) is 0 Å². The van der Waals surface area contributed by atoms with Crippen LogP contribution >= 0.6 is 0 Å². The number of para-hydroxylation sites is 1. The van der Waals surface area contributed by atoms with E-state index < -0.39 is 12.0 Å². The van der Waals surface area contributed by atoms with Gasteiger partial charge < -0.3 is 20.5 Å². The van der Waals surface area contributed by atoms with Gasteiger partial charge in [0.25, 0.3) is 0 Å². The predicted molar refractivity (Wildman–Crippen MR) is 78.6 cm³/mol. The molecule has 21 heavy (non-hydrogen) atoms. The summed E-state index contributed by atoms with van der Waals surface area (Å²) >= 11 is 0. The van der Waals surface area contributed by atoms with Gasteiger partial charge in [-0.3, -0.25) is 0 Å². The molecule has 0 unspecified atom stereocenters. The highest BCUT2D eigenvalue weighted by molar-refractivity contribution is 5.99. The van der Waals surface area contributed by atoms with E-state index in [4.69, 9.17) is 9.84 Å². The van der Waals surface area contributed by atoms with Gasteiger partial charge in [-0.05, 0) is 37.3 Å². The highest BCUT2D eigenvalue weighted by atomic mass is 16.5. The summed E-state index contributed by atoms with van der Waals surface area (Å²) in [6, 6.07) is 5.88. The number of nitrogens with one attached hydrogen (secondary N) is 2. The third-order valence-electron chi connectivity index (χ3n) is 3.21. The maximum absolute atomic E-state index is 11.7. The van der Waals surface area contributed by atoms with Crippen molar-refractivity contribution >= 4 is 17.7 Å². The van der Waals surface area contributed by atoms with Gasteiger partial charge >= 0.3 is 12.0 Å². The Bertz CT molecular complexity index is 500. The monoisotopic (exact) mass is 292 g/mol. The summed E-state index contributed by atoms with van der Waals surface area (Å²) in [5.41, 5.74) is 0.355. The fourth-order valence-corrected chi connectivity index (χ4v) is 1.86. The molecular formula is C15H20N2O4. The van der Waals surface area contributed by atoms with E-state index in [0.717, 1.165) is 18.9 Å². The first-order valence-corrected chi connectivity index (χ1v) is 7.11. The Morgan fingerprint density at radius 1 is 1.29 bits per heavy atom. The van der Waals surface area contributed by atoms with Crippen molar-refractivity contribution in [2.75, 3.05) is 25.1 Å². The Balaban J connectivity index is 1.65.